The Labute approximate surface area is 124 Å². The first-order valence-electron chi connectivity index (χ1n) is 6.49. The Bertz CT molecular complexity index is 569. The lowest BCUT2D eigenvalue weighted by Gasteiger charge is -2.23. The van der Waals surface area contributed by atoms with Crippen LogP contribution < -0.4 is 10.2 Å². The highest BCUT2D eigenvalue weighted by atomic mass is 35.5. The number of nitrogens with zero attached hydrogens (tertiary/aromatic N) is 1. The molecule has 0 fully saturated rings. The Kier molecular flexibility index (Phi) is 4.99. The highest BCUT2D eigenvalue weighted by Crippen LogP contribution is 2.25. The minimum absolute atomic E-state index is 0.200. The second kappa shape index (κ2) is 6.73. The van der Waals surface area contributed by atoms with Gasteiger partial charge >= 0.3 is 0 Å². The molecule has 2 aromatic rings. The molecular formula is C16H18ClFN2. The molecule has 2 aromatic carbocycles. The molecule has 20 heavy (non-hydrogen) atoms. The summed E-state index contributed by atoms with van der Waals surface area (Å²) in [5.41, 5.74) is 2.68. The minimum Gasteiger partial charge on any atom is -0.368 e. The van der Waals surface area contributed by atoms with Crippen LogP contribution in [0.15, 0.2) is 42.5 Å². The lowest BCUT2D eigenvalue weighted by Crippen LogP contribution is -2.21. The monoisotopic (exact) mass is 292 g/mol. The number of nitrogens with one attached hydrogen (secondary N) is 1. The molecule has 0 aliphatic carbocycles. The molecule has 2 nitrogen and oxygen atoms in total. The third-order valence-electron chi connectivity index (χ3n) is 3.15. The molecule has 106 valence electrons. The third kappa shape index (κ3) is 3.50. The van der Waals surface area contributed by atoms with Gasteiger partial charge in [0, 0.05) is 25.2 Å². The van der Waals surface area contributed by atoms with E-state index in [1.54, 1.807) is 6.07 Å². The Hall–Kier alpha value is -1.58. The van der Waals surface area contributed by atoms with Gasteiger partial charge in [0.1, 0.15) is 5.82 Å². The van der Waals surface area contributed by atoms with Crippen molar-refractivity contribution >= 4 is 17.3 Å². The number of hydrogen-bond acceptors (Lipinski definition) is 2. The van der Waals surface area contributed by atoms with Crippen molar-refractivity contribution in [1.82, 2.24) is 5.32 Å². The zero-order valence-corrected chi connectivity index (χ0v) is 12.4. The topological polar surface area (TPSA) is 15.3 Å². The van der Waals surface area contributed by atoms with E-state index in [1.165, 1.54) is 6.07 Å². The van der Waals surface area contributed by atoms with E-state index in [4.69, 9.17) is 11.6 Å². The third-order valence-corrected chi connectivity index (χ3v) is 3.40. The fourth-order valence-electron chi connectivity index (χ4n) is 2.26. The van der Waals surface area contributed by atoms with E-state index in [-0.39, 0.29) is 5.82 Å². The van der Waals surface area contributed by atoms with Gasteiger partial charge in [-0.15, -0.1) is 0 Å². The highest BCUT2D eigenvalue weighted by Gasteiger charge is 2.12. The van der Waals surface area contributed by atoms with Gasteiger partial charge in [-0.1, -0.05) is 35.9 Å². The van der Waals surface area contributed by atoms with Crippen LogP contribution >= 0.6 is 11.6 Å². The number of anilines is 1. The molecule has 0 saturated carbocycles. The van der Waals surface area contributed by atoms with Crippen molar-refractivity contribution in [2.75, 3.05) is 19.0 Å². The van der Waals surface area contributed by atoms with Gasteiger partial charge in [-0.3, -0.25) is 0 Å². The van der Waals surface area contributed by atoms with Crippen molar-refractivity contribution in [3.05, 3.63) is 64.4 Å². The van der Waals surface area contributed by atoms with Gasteiger partial charge in [-0.05, 0) is 36.4 Å². The van der Waals surface area contributed by atoms with Crippen molar-refractivity contribution in [1.29, 1.82) is 0 Å². The smallest absolute Gasteiger partial charge is 0.146 e. The fraction of sp³-hybridized carbons (Fsp3) is 0.250. The van der Waals surface area contributed by atoms with Crippen molar-refractivity contribution in [3.63, 3.8) is 0 Å². The molecule has 0 aliphatic heterocycles. The van der Waals surface area contributed by atoms with Gasteiger partial charge in [0.15, 0.2) is 0 Å². The number of hydrogen-bond donors (Lipinski definition) is 1. The molecule has 0 atom stereocenters. The van der Waals surface area contributed by atoms with Crippen LogP contribution in [-0.4, -0.2) is 14.1 Å². The summed E-state index contributed by atoms with van der Waals surface area (Å²) in [6, 6.07) is 12.8. The number of benzene rings is 2. The van der Waals surface area contributed by atoms with Crippen LogP contribution in [0.4, 0.5) is 10.1 Å². The largest absolute Gasteiger partial charge is 0.368 e. The molecule has 0 amide bonds. The number of rotatable bonds is 5. The lowest BCUT2D eigenvalue weighted by atomic mass is 10.1. The molecule has 0 aromatic heterocycles. The first-order chi connectivity index (χ1) is 9.61. The maximum atomic E-state index is 14.1. The van der Waals surface area contributed by atoms with Crippen molar-refractivity contribution in [2.24, 2.45) is 0 Å². The van der Waals surface area contributed by atoms with Crippen LogP contribution in [0.5, 0.6) is 0 Å². The normalized spacial score (nSPS) is 10.6. The second-order valence-corrected chi connectivity index (χ2v) is 5.20. The highest BCUT2D eigenvalue weighted by molar-refractivity contribution is 6.30. The molecule has 0 bridgehead atoms. The van der Waals surface area contributed by atoms with Crippen molar-refractivity contribution < 1.29 is 4.39 Å². The number of halogens is 2. The first-order valence-corrected chi connectivity index (χ1v) is 6.87. The standard InChI is InChI=1S/C16H18ClFN2/c1-19-10-13-4-3-5-15(18)16(13)20(2)11-12-6-8-14(17)9-7-12/h3-9,19H,10-11H2,1-2H3. The van der Waals surface area contributed by atoms with Crippen LogP contribution in [0, 0.1) is 5.82 Å². The van der Waals surface area contributed by atoms with Crippen LogP contribution in [0.1, 0.15) is 11.1 Å². The van der Waals surface area contributed by atoms with Crippen LogP contribution in [0.25, 0.3) is 0 Å². The Morgan fingerprint density at radius 3 is 2.50 bits per heavy atom. The summed E-state index contributed by atoms with van der Waals surface area (Å²) in [5, 5.41) is 3.77. The zero-order valence-electron chi connectivity index (χ0n) is 11.7. The molecule has 0 radical (unpaired) electrons. The Morgan fingerprint density at radius 2 is 1.85 bits per heavy atom. The summed E-state index contributed by atoms with van der Waals surface area (Å²) < 4.78 is 14.1. The van der Waals surface area contributed by atoms with E-state index in [0.717, 1.165) is 11.1 Å². The van der Waals surface area contributed by atoms with Crippen molar-refractivity contribution in [2.45, 2.75) is 13.1 Å². The maximum Gasteiger partial charge on any atom is 0.146 e. The van der Waals surface area contributed by atoms with Gasteiger partial charge < -0.3 is 10.2 Å². The predicted molar refractivity (Wildman–Crippen MR) is 82.7 cm³/mol. The fourth-order valence-corrected chi connectivity index (χ4v) is 2.39. The van der Waals surface area contributed by atoms with Gasteiger partial charge in [-0.25, -0.2) is 4.39 Å². The van der Waals surface area contributed by atoms with Gasteiger partial charge in [0.25, 0.3) is 0 Å². The molecule has 2 rings (SSSR count). The maximum absolute atomic E-state index is 14.1. The predicted octanol–water partition coefficient (Wildman–Crippen LogP) is 3.83. The Morgan fingerprint density at radius 1 is 1.15 bits per heavy atom. The number of para-hydroxylation sites is 1. The van der Waals surface area contributed by atoms with Crippen molar-refractivity contribution in [3.8, 4) is 0 Å². The summed E-state index contributed by atoms with van der Waals surface area (Å²) in [6.45, 7) is 1.27. The molecule has 0 saturated heterocycles. The minimum atomic E-state index is -0.200. The van der Waals surface area contributed by atoms with Crippen LogP contribution in [0.2, 0.25) is 5.02 Å². The van der Waals surface area contributed by atoms with E-state index < -0.39 is 0 Å². The van der Waals surface area contributed by atoms with Gasteiger partial charge in [-0.2, -0.15) is 0 Å². The van der Waals surface area contributed by atoms with Crippen LogP contribution in [-0.2, 0) is 13.1 Å². The Balaban J connectivity index is 2.24. The average Bonchev–Trinajstić information content (AvgIpc) is 2.42. The summed E-state index contributed by atoms with van der Waals surface area (Å²) in [7, 11) is 3.75. The molecular weight excluding hydrogens is 275 g/mol. The summed E-state index contributed by atoms with van der Waals surface area (Å²) in [6.07, 6.45) is 0. The van der Waals surface area contributed by atoms with E-state index in [0.29, 0.717) is 23.8 Å². The summed E-state index contributed by atoms with van der Waals surface area (Å²) >= 11 is 5.88. The summed E-state index contributed by atoms with van der Waals surface area (Å²) in [4.78, 5) is 1.92. The van der Waals surface area contributed by atoms with E-state index >= 15 is 0 Å². The molecule has 0 aliphatic rings. The van der Waals surface area contributed by atoms with Crippen LogP contribution in [0.3, 0.4) is 0 Å². The van der Waals surface area contributed by atoms with E-state index in [2.05, 4.69) is 5.32 Å². The summed E-state index contributed by atoms with van der Waals surface area (Å²) in [5.74, 6) is -0.200. The SMILES string of the molecule is CNCc1cccc(F)c1N(C)Cc1ccc(Cl)cc1. The zero-order chi connectivity index (χ0) is 14.5. The molecule has 0 unspecified atom stereocenters. The molecule has 4 heteroatoms. The first kappa shape index (κ1) is 14.8. The average molecular weight is 293 g/mol. The molecule has 1 N–H and O–H groups in total. The second-order valence-electron chi connectivity index (χ2n) is 4.76. The lowest BCUT2D eigenvalue weighted by molar-refractivity contribution is 0.617. The molecule has 0 heterocycles. The van der Waals surface area contributed by atoms with E-state index in [9.17, 15) is 4.39 Å². The van der Waals surface area contributed by atoms with E-state index in [1.807, 2.05) is 49.3 Å². The van der Waals surface area contributed by atoms with Gasteiger partial charge in [0.2, 0.25) is 0 Å². The van der Waals surface area contributed by atoms with Gasteiger partial charge in [0.05, 0.1) is 5.69 Å². The molecule has 0 spiro atoms. The quantitative estimate of drug-likeness (QED) is 0.901.